The van der Waals surface area contributed by atoms with Crippen LogP contribution in [0.5, 0.6) is 11.5 Å². The summed E-state index contributed by atoms with van der Waals surface area (Å²) in [5.41, 5.74) is 2.47. The zero-order chi connectivity index (χ0) is 31.0. The molecule has 3 rings (SSSR count). The summed E-state index contributed by atoms with van der Waals surface area (Å²) in [6, 6.07) is 13.9. The number of rotatable bonds is 17. The number of unbranched alkanes of at least 4 members (excludes halogenated alkanes) is 1. The van der Waals surface area contributed by atoms with Crippen LogP contribution in [-0.2, 0) is 33.7 Å². The van der Waals surface area contributed by atoms with Crippen LogP contribution >= 0.6 is 0 Å². The number of benzene rings is 2. The van der Waals surface area contributed by atoms with Gasteiger partial charge in [0.05, 0.1) is 18.8 Å². The zero-order valence-corrected chi connectivity index (χ0v) is 23.8. The number of esters is 2. The molecule has 2 aromatic rings. The van der Waals surface area contributed by atoms with E-state index in [2.05, 4.69) is 22.9 Å². The molecule has 0 saturated heterocycles. The van der Waals surface area contributed by atoms with Crippen LogP contribution in [0.2, 0.25) is 0 Å². The number of hydrogen-bond donors (Lipinski definition) is 0. The van der Waals surface area contributed by atoms with Crippen molar-refractivity contribution in [1.29, 1.82) is 0 Å². The van der Waals surface area contributed by atoms with Crippen LogP contribution in [-0.4, -0.2) is 44.3 Å². The van der Waals surface area contributed by atoms with Gasteiger partial charge in [0.1, 0.15) is 24.7 Å². The molecule has 0 N–H and O–H groups in total. The number of allylic oxidation sites excluding steroid dienone is 4. The molecule has 0 aliphatic heterocycles. The Labute approximate surface area is 248 Å². The lowest BCUT2D eigenvalue weighted by Crippen LogP contribution is -2.13. The third-order valence-corrected chi connectivity index (χ3v) is 5.96. The fraction of sp³-hybridized carbons (Fsp3) is 0.281. The molecular formula is C32H33FO10. The highest BCUT2D eigenvalue weighted by atomic mass is 19.1. The minimum Gasteiger partial charge on any atom is -0.494 e. The second-order valence-corrected chi connectivity index (χ2v) is 9.23. The van der Waals surface area contributed by atoms with E-state index in [-0.39, 0.29) is 25.7 Å². The molecule has 0 heterocycles. The van der Waals surface area contributed by atoms with Crippen molar-refractivity contribution in [2.45, 2.75) is 26.2 Å². The molecule has 0 saturated carbocycles. The van der Waals surface area contributed by atoms with Gasteiger partial charge in [0.2, 0.25) is 5.83 Å². The summed E-state index contributed by atoms with van der Waals surface area (Å²) >= 11 is 0. The Hall–Kier alpha value is -4.74. The van der Waals surface area contributed by atoms with Gasteiger partial charge in [0.25, 0.3) is 0 Å². The van der Waals surface area contributed by atoms with Crippen molar-refractivity contribution >= 4 is 23.5 Å². The number of ether oxygens (including phenoxy) is 3. The first kappa shape index (κ1) is 32.8. The second-order valence-electron chi connectivity index (χ2n) is 9.23. The Bertz CT molecular complexity index is 1330. The molecule has 1 aliphatic rings. The lowest BCUT2D eigenvalue weighted by atomic mass is 9.90. The van der Waals surface area contributed by atoms with Crippen LogP contribution in [0.3, 0.4) is 0 Å². The normalized spacial score (nSPS) is 14.0. The molecule has 1 atom stereocenters. The third-order valence-electron chi connectivity index (χ3n) is 5.96. The molecule has 43 heavy (non-hydrogen) atoms. The van der Waals surface area contributed by atoms with E-state index < -0.39 is 23.7 Å². The molecule has 1 unspecified atom stereocenters. The van der Waals surface area contributed by atoms with Crippen LogP contribution in [0, 0.1) is 5.92 Å². The molecule has 2 aromatic carbocycles. The number of halogens is 1. The topological polar surface area (TPSA) is 116 Å². The summed E-state index contributed by atoms with van der Waals surface area (Å²) in [5.74, 6) is -1.74. The Kier molecular flexibility index (Phi) is 13.2. The van der Waals surface area contributed by atoms with Gasteiger partial charge in [-0.2, -0.15) is 14.2 Å². The van der Waals surface area contributed by atoms with Crippen molar-refractivity contribution in [3.8, 4) is 11.5 Å². The van der Waals surface area contributed by atoms with E-state index >= 15 is 0 Å². The van der Waals surface area contributed by atoms with E-state index in [1.165, 1.54) is 0 Å². The summed E-state index contributed by atoms with van der Waals surface area (Å²) < 4.78 is 28.6. The van der Waals surface area contributed by atoms with Crippen LogP contribution in [0.1, 0.15) is 42.1 Å². The van der Waals surface area contributed by atoms with E-state index in [1.54, 1.807) is 30.3 Å². The molecule has 0 spiro atoms. The van der Waals surface area contributed by atoms with Gasteiger partial charge in [-0.1, -0.05) is 38.3 Å². The van der Waals surface area contributed by atoms with Crippen LogP contribution in [0.15, 0.2) is 91.5 Å². The molecule has 1 aliphatic carbocycles. The van der Waals surface area contributed by atoms with Gasteiger partial charge in [0.15, 0.2) is 5.75 Å². The Balaban J connectivity index is 1.41. The molecule has 0 fully saturated rings. The van der Waals surface area contributed by atoms with Crippen LogP contribution < -0.4 is 9.62 Å². The fourth-order valence-corrected chi connectivity index (χ4v) is 3.72. The minimum atomic E-state index is -1.11. The summed E-state index contributed by atoms with van der Waals surface area (Å²) in [4.78, 5) is 53.6. The maximum atomic E-state index is 12.7. The summed E-state index contributed by atoms with van der Waals surface area (Å²) in [6.45, 7) is 8.60. The van der Waals surface area contributed by atoms with Crippen molar-refractivity contribution in [3.63, 3.8) is 0 Å². The standard InChI is InChI=1S/C32H33FO10/c1-4-30(34)43-40-20-19-39-42-28-14-9-25(10-15-28)32(36)41-29-16-11-26(21-22(29)2)24-7-12-27(13-8-24)37-17-5-6-18-38-31(35)23(3)33/h4,7-16,22H,1,3,5-6,17-21H2,2H3. The maximum Gasteiger partial charge on any atom is 0.366 e. The lowest BCUT2D eigenvalue weighted by Gasteiger charge is -2.21. The van der Waals surface area contributed by atoms with Crippen molar-refractivity contribution in [2.24, 2.45) is 5.92 Å². The predicted octanol–water partition coefficient (Wildman–Crippen LogP) is 6.01. The van der Waals surface area contributed by atoms with Crippen molar-refractivity contribution < 1.29 is 52.5 Å². The molecule has 11 heteroatoms. The minimum absolute atomic E-state index is 0.00346. The van der Waals surface area contributed by atoms with Crippen molar-refractivity contribution in [1.82, 2.24) is 0 Å². The van der Waals surface area contributed by atoms with Gasteiger partial charge in [-0.25, -0.2) is 14.4 Å². The third kappa shape index (κ3) is 11.2. The number of hydrogen-bond acceptors (Lipinski definition) is 10. The molecule has 0 aromatic heterocycles. The molecule has 0 amide bonds. The van der Waals surface area contributed by atoms with Gasteiger partial charge < -0.3 is 19.1 Å². The SMILES string of the molecule is C=CC(=O)OOCCOOc1ccc(C(=O)OC2=CC=C(c3ccc(OCCCCOC(=O)C(=C)F)cc3)CC2C)cc1. The highest BCUT2D eigenvalue weighted by Gasteiger charge is 2.21. The number of carbonyl (C=O) groups is 3. The van der Waals surface area contributed by atoms with Gasteiger partial charge >= 0.3 is 17.9 Å². The Morgan fingerprint density at radius 3 is 2.26 bits per heavy atom. The van der Waals surface area contributed by atoms with Crippen LogP contribution in [0.4, 0.5) is 4.39 Å². The largest absolute Gasteiger partial charge is 0.494 e. The average Bonchev–Trinajstić information content (AvgIpc) is 3.01. The summed E-state index contributed by atoms with van der Waals surface area (Å²) in [6.07, 6.45) is 6.58. The maximum absolute atomic E-state index is 12.7. The van der Waals surface area contributed by atoms with E-state index in [0.717, 1.165) is 17.2 Å². The van der Waals surface area contributed by atoms with Crippen LogP contribution in [0.25, 0.3) is 5.57 Å². The molecule has 10 nitrogen and oxygen atoms in total. The van der Waals surface area contributed by atoms with E-state index in [1.807, 2.05) is 37.3 Å². The smallest absolute Gasteiger partial charge is 0.366 e. The highest BCUT2D eigenvalue weighted by Crippen LogP contribution is 2.33. The summed E-state index contributed by atoms with van der Waals surface area (Å²) in [7, 11) is 0. The van der Waals surface area contributed by atoms with Crippen molar-refractivity contribution in [3.05, 3.63) is 103 Å². The molecule has 228 valence electrons. The first-order valence-corrected chi connectivity index (χ1v) is 13.5. The quantitative estimate of drug-likeness (QED) is 0.0707. The molecule has 0 radical (unpaired) electrons. The van der Waals surface area contributed by atoms with Gasteiger partial charge in [-0.3, -0.25) is 4.89 Å². The van der Waals surface area contributed by atoms with E-state index in [0.29, 0.717) is 48.7 Å². The molecular weight excluding hydrogens is 563 g/mol. The average molecular weight is 597 g/mol. The lowest BCUT2D eigenvalue weighted by molar-refractivity contribution is -0.292. The highest BCUT2D eigenvalue weighted by molar-refractivity contribution is 5.90. The van der Waals surface area contributed by atoms with E-state index in [9.17, 15) is 18.8 Å². The first-order chi connectivity index (χ1) is 20.8. The predicted molar refractivity (Wildman–Crippen MR) is 153 cm³/mol. The second kappa shape index (κ2) is 17.3. The van der Waals surface area contributed by atoms with Crippen molar-refractivity contribution in [2.75, 3.05) is 26.4 Å². The van der Waals surface area contributed by atoms with Gasteiger partial charge in [0, 0.05) is 12.0 Å². The Morgan fingerprint density at radius 1 is 0.907 bits per heavy atom. The molecule has 0 bridgehead atoms. The summed E-state index contributed by atoms with van der Waals surface area (Å²) in [5, 5.41) is 0. The first-order valence-electron chi connectivity index (χ1n) is 13.5. The fourth-order valence-electron chi connectivity index (χ4n) is 3.72. The van der Waals surface area contributed by atoms with Gasteiger partial charge in [-0.15, -0.1) is 0 Å². The zero-order valence-electron chi connectivity index (χ0n) is 23.8. The van der Waals surface area contributed by atoms with Gasteiger partial charge in [-0.05, 0) is 72.9 Å². The Morgan fingerprint density at radius 2 is 1.58 bits per heavy atom. The monoisotopic (exact) mass is 596 g/mol. The van der Waals surface area contributed by atoms with E-state index in [4.69, 9.17) is 24.0 Å². The number of carbonyl (C=O) groups excluding carboxylic acids is 3.